The van der Waals surface area contributed by atoms with Gasteiger partial charge in [0, 0.05) is 13.1 Å². The smallest absolute Gasteiger partial charge is 0.358 e. The van der Waals surface area contributed by atoms with Crippen molar-refractivity contribution in [2.75, 3.05) is 26.7 Å². The molecule has 0 radical (unpaired) electrons. The van der Waals surface area contributed by atoms with Gasteiger partial charge in [0.05, 0.1) is 6.20 Å². The van der Waals surface area contributed by atoms with Crippen molar-refractivity contribution in [1.29, 1.82) is 0 Å². The average molecular weight is 255 g/mol. The normalized spacial score (nSPS) is 10.6. The minimum atomic E-state index is -1.16. The van der Waals surface area contributed by atoms with Gasteiger partial charge in [0.2, 0.25) is 5.91 Å². The molecule has 0 bridgehead atoms. The van der Waals surface area contributed by atoms with E-state index in [4.69, 9.17) is 5.11 Å². The number of nitrogens with one attached hydrogen (secondary N) is 1. The van der Waals surface area contributed by atoms with E-state index in [0.29, 0.717) is 6.54 Å². The summed E-state index contributed by atoms with van der Waals surface area (Å²) in [5.74, 6) is -1.38. The van der Waals surface area contributed by atoms with Crippen LogP contribution in [0.4, 0.5) is 0 Å². The van der Waals surface area contributed by atoms with Crippen molar-refractivity contribution in [3.63, 3.8) is 0 Å². The van der Waals surface area contributed by atoms with Gasteiger partial charge in [0.25, 0.3) is 0 Å². The second-order valence-electron chi connectivity index (χ2n) is 3.85. The molecule has 1 aromatic rings. The predicted molar refractivity (Wildman–Crippen MR) is 63.2 cm³/mol. The highest BCUT2D eigenvalue weighted by atomic mass is 16.4. The average Bonchev–Trinajstić information content (AvgIpc) is 2.77. The number of carbonyl (C=O) groups excluding carboxylic acids is 1. The zero-order valence-electron chi connectivity index (χ0n) is 10.5. The van der Waals surface area contributed by atoms with Gasteiger partial charge < -0.3 is 15.3 Å². The summed E-state index contributed by atoms with van der Waals surface area (Å²) in [6.07, 6.45) is 1.22. The van der Waals surface area contributed by atoms with Crippen LogP contribution < -0.4 is 5.32 Å². The molecule has 18 heavy (non-hydrogen) atoms. The first-order valence-corrected chi connectivity index (χ1v) is 5.61. The second kappa shape index (κ2) is 6.70. The van der Waals surface area contributed by atoms with E-state index < -0.39 is 5.97 Å². The van der Waals surface area contributed by atoms with E-state index in [9.17, 15) is 9.59 Å². The quantitative estimate of drug-likeness (QED) is 0.651. The molecule has 1 rings (SSSR count). The van der Waals surface area contributed by atoms with Crippen molar-refractivity contribution >= 4 is 11.9 Å². The van der Waals surface area contributed by atoms with Gasteiger partial charge in [-0.3, -0.25) is 4.79 Å². The van der Waals surface area contributed by atoms with Gasteiger partial charge in [-0.05, 0) is 13.6 Å². The van der Waals surface area contributed by atoms with Crippen molar-refractivity contribution in [2.24, 2.45) is 0 Å². The van der Waals surface area contributed by atoms with Crippen molar-refractivity contribution in [3.8, 4) is 0 Å². The van der Waals surface area contributed by atoms with Crippen LogP contribution in [0.3, 0.4) is 0 Å². The Labute approximate surface area is 105 Å². The Kier molecular flexibility index (Phi) is 5.25. The lowest BCUT2D eigenvalue weighted by atomic mass is 10.4. The third-order valence-corrected chi connectivity index (χ3v) is 2.42. The fraction of sp³-hybridized carbons (Fsp3) is 0.600. The highest BCUT2D eigenvalue weighted by Gasteiger charge is 2.10. The second-order valence-corrected chi connectivity index (χ2v) is 3.85. The van der Waals surface area contributed by atoms with E-state index in [1.807, 2.05) is 14.0 Å². The lowest BCUT2D eigenvalue weighted by Gasteiger charge is -2.13. The highest BCUT2D eigenvalue weighted by Crippen LogP contribution is 1.92. The Morgan fingerprint density at radius 1 is 1.56 bits per heavy atom. The molecule has 8 heteroatoms. The monoisotopic (exact) mass is 255 g/mol. The summed E-state index contributed by atoms with van der Waals surface area (Å²) < 4.78 is 1.20. The third kappa shape index (κ3) is 4.50. The molecule has 8 nitrogen and oxygen atoms in total. The summed E-state index contributed by atoms with van der Waals surface area (Å²) >= 11 is 0. The number of nitrogens with zero attached hydrogens (tertiary/aromatic N) is 4. The summed E-state index contributed by atoms with van der Waals surface area (Å²) in [6.45, 7) is 4.23. The van der Waals surface area contributed by atoms with Gasteiger partial charge in [0.15, 0.2) is 5.69 Å². The van der Waals surface area contributed by atoms with E-state index in [1.165, 1.54) is 10.9 Å². The summed E-state index contributed by atoms with van der Waals surface area (Å²) in [4.78, 5) is 24.1. The number of carboxylic acid groups (broad SMARTS) is 1. The lowest BCUT2D eigenvalue weighted by molar-refractivity contribution is -0.121. The first-order chi connectivity index (χ1) is 8.52. The molecule has 1 heterocycles. The number of carbonyl (C=O) groups is 2. The Bertz CT molecular complexity index is 417. The van der Waals surface area contributed by atoms with Crippen LogP contribution in [0.25, 0.3) is 0 Å². The molecular formula is C10H17N5O3. The van der Waals surface area contributed by atoms with Crippen molar-refractivity contribution in [1.82, 2.24) is 25.2 Å². The van der Waals surface area contributed by atoms with Crippen LogP contribution in [-0.2, 0) is 11.3 Å². The van der Waals surface area contributed by atoms with Crippen LogP contribution in [0, 0.1) is 0 Å². The van der Waals surface area contributed by atoms with E-state index in [2.05, 4.69) is 20.5 Å². The summed E-state index contributed by atoms with van der Waals surface area (Å²) in [5, 5.41) is 18.3. The molecule has 0 aliphatic carbocycles. The molecule has 0 aliphatic heterocycles. The van der Waals surface area contributed by atoms with Crippen LogP contribution in [0.5, 0.6) is 0 Å². The standard InChI is InChI=1S/C10H17N5O3/c1-3-14(2)5-4-11-9(16)7-15-6-8(10(17)18)12-13-15/h6H,3-5,7H2,1-2H3,(H,11,16)(H,17,18). The van der Waals surface area contributed by atoms with E-state index in [1.54, 1.807) is 0 Å². The van der Waals surface area contributed by atoms with Gasteiger partial charge >= 0.3 is 5.97 Å². The first kappa shape index (κ1) is 14.1. The zero-order chi connectivity index (χ0) is 13.5. The minimum absolute atomic E-state index is 0.0316. The molecule has 100 valence electrons. The molecule has 0 saturated heterocycles. The van der Waals surface area contributed by atoms with Gasteiger partial charge in [-0.1, -0.05) is 12.1 Å². The van der Waals surface area contributed by atoms with Gasteiger partial charge in [0.1, 0.15) is 6.54 Å². The SMILES string of the molecule is CCN(C)CCNC(=O)Cn1cc(C(=O)O)nn1. The molecule has 1 amide bonds. The maximum atomic E-state index is 11.5. The van der Waals surface area contributed by atoms with Crippen molar-refractivity contribution < 1.29 is 14.7 Å². The Morgan fingerprint density at radius 3 is 2.83 bits per heavy atom. The Morgan fingerprint density at radius 2 is 2.28 bits per heavy atom. The Hall–Kier alpha value is -1.96. The number of carboxylic acids is 1. The van der Waals surface area contributed by atoms with Gasteiger partial charge in [-0.2, -0.15) is 0 Å². The number of aromatic nitrogens is 3. The number of hydrogen-bond acceptors (Lipinski definition) is 5. The van der Waals surface area contributed by atoms with Gasteiger partial charge in [-0.25, -0.2) is 9.48 Å². The number of rotatable bonds is 7. The molecule has 0 aliphatic rings. The van der Waals surface area contributed by atoms with Crippen LogP contribution in [0.2, 0.25) is 0 Å². The summed E-state index contributed by atoms with van der Waals surface area (Å²) in [6, 6.07) is 0. The number of amides is 1. The van der Waals surface area contributed by atoms with Crippen molar-refractivity contribution in [2.45, 2.75) is 13.5 Å². The molecule has 0 fully saturated rings. The number of aromatic carboxylic acids is 1. The largest absolute Gasteiger partial charge is 0.476 e. The van der Waals surface area contributed by atoms with Crippen LogP contribution in [0.15, 0.2) is 6.20 Å². The lowest BCUT2D eigenvalue weighted by Crippen LogP contribution is -2.34. The zero-order valence-corrected chi connectivity index (χ0v) is 10.5. The molecule has 0 atom stereocenters. The van der Waals surface area contributed by atoms with Crippen LogP contribution in [0.1, 0.15) is 17.4 Å². The third-order valence-electron chi connectivity index (χ3n) is 2.42. The number of hydrogen-bond donors (Lipinski definition) is 2. The van der Waals surface area contributed by atoms with Gasteiger partial charge in [-0.15, -0.1) is 5.10 Å². The molecule has 0 saturated carbocycles. The van der Waals surface area contributed by atoms with E-state index in [0.717, 1.165) is 13.1 Å². The predicted octanol–water partition coefficient (Wildman–Crippen LogP) is -0.956. The molecular weight excluding hydrogens is 238 g/mol. The maximum Gasteiger partial charge on any atom is 0.358 e. The Balaban J connectivity index is 2.33. The first-order valence-electron chi connectivity index (χ1n) is 5.61. The molecule has 1 aromatic heterocycles. The molecule has 0 unspecified atom stereocenters. The summed E-state index contributed by atoms with van der Waals surface area (Å²) in [7, 11) is 1.96. The van der Waals surface area contributed by atoms with Crippen LogP contribution in [-0.4, -0.2) is 63.6 Å². The summed E-state index contributed by atoms with van der Waals surface area (Å²) in [5.41, 5.74) is -0.173. The number of likely N-dealkylation sites (N-methyl/N-ethyl adjacent to an activating group) is 1. The highest BCUT2D eigenvalue weighted by molar-refractivity contribution is 5.84. The fourth-order valence-corrected chi connectivity index (χ4v) is 1.22. The fourth-order valence-electron chi connectivity index (χ4n) is 1.22. The van der Waals surface area contributed by atoms with E-state index >= 15 is 0 Å². The van der Waals surface area contributed by atoms with Crippen molar-refractivity contribution in [3.05, 3.63) is 11.9 Å². The molecule has 2 N–H and O–H groups in total. The van der Waals surface area contributed by atoms with E-state index in [-0.39, 0.29) is 18.1 Å². The maximum absolute atomic E-state index is 11.5. The molecule has 0 spiro atoms. The topological polar surface area (TPSA) is 100 Å². The minimum Gasteiger partial charge on any atom is -0.476 e. The molecule has 0 aromatic carbocycles. The van der Waals surface area contributed by atoms with Crippen LogP contribution >= 0.6 is 0 Å².